The van der Waals surface area contributed by atoms with Gasteiger partial charge in [-0.2, -0.15) is 5.26 Å². The van der Waals surface area contributed by atoms with Crippen molar-refractivity contribution in [1.29, 1.82) is 5.26 Å². The van der Waals surface area contributed by atoms with Crippen LogP contribution in [0.2, 0.25) is 0 Å². The SMILES string of the molecule is C=c1c(-c2ccc(C)cc2)c(C=C(C#N)C(=O)NCc2ccccc2)n(CCCO)c1=C. The van der Waals surface area contributed by atoms with Gasteiger partial charge in [-0.25, -0.2) is 0 Å². The highest BCUT2D eigenvalue weighted by Gasteiger charge is 2.17. The highest BCUT2D eigenvalue weighted by Crippen LogP contribution is 2.23. The van der Waals surface area contributed by atoms with Crippen LogP contribution >= 0.6 is 0 Å². The first kappa shape index (κ1) is 22.8. The van der Waals surface area contributed by atoms with Crippen molar-refractivity contribution >= 4 is 25.1 Å². The van der Waals surface area contributed by atoms with Gasteiger partial charge >= 0.3 is 0 Å². The summed E-state index contributed by atoms with van der Waals surface area (Å²) in [5.41, 5.74) is 4.52. The van der Waals surface area contributed by atoms with Gasteiger partial charge in [0.2, 0.25) is 0 Å². The van der Waals surface area contributed by atoms with E-state index in [1.807, 2.05) is 72.2 Å². The molecule has 0 radical (unpaired) electrons. The standard InChI is InChI=1S/C27H27N3O2/c1-19-10-12-23(13-11-19)26-20(2)21(3)30(14-7-15-31)25(26)16-24(17-28)27(32)29-18-22-8-5-4-6-9-22/h4-6,8-13,16,31H,2-3,7,14-15,18H2,1H3,(H,29,32). The van der Waals surface area contributed by atoms with Crippen molar-refractivity contribution in [2.45, 2.75) is 26.4 Å². The zero-order valence-electron chi connectivity index (χ0n) is 18.3. The molecule has 0 saturated heterocycles. The van der Waals surface area contributed by atoms with E-state index in [4.69, 9.17) is 0 Å². The number of aliphatic hydroxyl groups excluding tert-OH is 1. The Morgan fingerprint density at radius 1 is 1.16 bits per heavy atom. The molecule has 162 valence electrons. The minimum atomic E-state index is -0.447. The number of hydrogen-bond donors (Lipinski definition) is 2. The fourth-order valence-corrected chi connectivity index (χ4v) is 3.58. The molecule has 5 nitrogen and oxygen atoms in total. The summed E-state index contributed by atoms with van der Waals surface area (Å²) in [6, 6.07) is 19.6. The summed E-state index contributed by atoms with van der Waals surface area (Å²) in [5, 5.41) is 23.3. The van der Waals surface area contributed by atoms with Crippen LogP contribution in [-0.2, 0) is 17.9 Å². The Bertz CT molecular complexity index is 1260. The molecule has 2 aromatic carbocycles. The van der Waals surface area contributed by atoms with E-state index in [2.05, 4.69) is 18.5 Å². The van der Waals surface area contributed by atoms with Gasteiger partial charge in [-0.05, 0) is 30.5 Å². The number of nitrogens with one attached hydrogen (secondary N) is 1. The molecule has 1 heterocycles. The lowest BCUT2D eigenvalue weighted by Gasteiger charge is -2.10. The Hall–Kier alpha value is -3.88. The summed E-state index contributed by atoms with van der Waals surface area (Å²) in [4.78, 5) is 12.8. The molecule has 0 aliphatic rings. The van der Waals surface area contributed by atoms with E-state index in [0.717, 1.165) is 27.5 Å². The Kier molecular flexibility index (Phi) is 7.43. The zero-order valence-corrected chi connectivity index (χ0v) is 18.3. The molecule has 3 rings (SSSR count). The maximum Gasteiger partial charge on any atom is 0.262 e. The molecule has 0 atom stereocenters. The van der Waals surface area contributed by atoms with E-state index >= 15 is 0 Å². The Labute approximate surface area is 188 Å². The van der Waals surface area contributed by atoms with E-state index in [9.17, 15) is 15.2 Å². The van der Waals surface area contributed by atoms with Gasteiger partial charge in [0, 0.05) is 35.8 Å². The van der Waals surface area contributed by atoms with Gasteiger partial charge in [-0.1, -0.05) is 73.3 Å². The average molecular weight is 426 g/mol. The summed E-state index contributed by atoms with van der Waals surface area (Å²) < 4.78 is 1.91. The molecular formula is C27H27N3O2. The Morgan fingerprint density at radius 3 is 2.47 bits per heavy atom. The second kappa shape index (κ2) is 10.4. The lowest BCUT2D eigenvalue weighted by Crippen LogP contribution is -2.27. The molecule has 0 spiro atoms. The van der Waals surface area contributed by atoms with E-state index in [1.54, 1.807) is 6.08 Å². The van der Waals surface area contributed by atoms with Crippen LogP contribution in [0.3, 0.4) is 0 Å². The fraction of sp³-hybridized carbons (Fsp3) is 0.185. The minimum absolute atomic E-state index is 0.00274. The fourth-order valence-electron chi connectivity index (χ4n) is 3.58. The second-order valence-electron chi connectivity index (χ2n) is 7.62. The number of nitrogens with zero attached hydrogens (tertiary/aromatic N) is 2. The van der Waals surface area contributed by atoms with Gasteiger partial charge in [0.1, 0.15) is 11.6 Å². The van der Waals surface area contributed by atoms with Gasteiger partial charge in [0.05, 0.1) is 5.69 Å². The predicted molar refractivity (Wildman–Crippen MR) is 128 cm³/mol. The van der Waals surface area contributed by atoms with Gasteiger partial charge in [0.15, 0.2) is 0 Å². The molecular weight excluding hydrogens is 398 g/mol. The molecule has 0 aliphatic carbocycles. The monoisotopic (exact) mass is 425 g/mol. The number of aromatic nitrogens is 1. The number of nitriles is 1. The van der Waals surface area contributed by atoms with E-state index in [0.29, 0.717) is 30.6 Å². The average Bonchev–Trinajstić information content (AvgIpc) is 3.04. The van der Waals surface area contributed by atoms with Crippen LogP contribution in [0.15, 0.2) is 60.2 Å². The third-order valence-corrected chi connectivity index (χ3v) is 5.34. The third-order valence-electron chi connectivity index (χ3n) is 5.34. The van der Waals surface area contributed by atoms with Crippen molar-refractivity contribution in [3.05, 3.63) is 87.6 Å². The van der Waals surface area contributed by atoms with Crippen molar-refractivity contribution < 1.29 is 9.90 Å². The zero-order chi connectivity index (χ0) is 23.1. The van der Waals surface area contributed by atoms with Crippen LogP contribution in [0.4, 0.5) is 0 Å². The second-order valence-corrected chi connectivity index (χ2v) is 7.62. The normalized spacial score (nSPS) is 11.2. The smallest absolute Gasteiger partial charge is 0.262 e. The molecule has 0 fully saturated rings. The minimum Gasteiger partial charge on any atom is -0.396 e. The number of aliphatic hydroxyl groups is 1. The van der Waals surface area contributed by atoms with Crippen LogP contribution in [0, 0.1) is 18.3 Å². The maximum atomic E-state index is 12.8. The number of rotatable bonds is 8. The third kappa shape index (κ3) is 5.05. The van der Waals surface area contributed by atoms with Crippen molar-refractivity contribution in [2.75, 3.05) is 6.61 Å². The highest BCUT2D eigenvalue weighted by molar-refractivity contribution is 6.02. The van der Waals surface area contributed by atoms with Crippen LogP contribution in [-0.4, -0.2) is 22.2 Å². The molecule has 2 N–H and O–H groups in total. The van der Waals surface area contributed by atoms with E-state index < -0.39 is 5.91 Å². The number of amides is 1. The Morgan fingerprint density at radius 2 is 1.84 bits per heavy atom. The van der Waals surface area contributed by atoms with Crippen LogP contribution in [0.25, 0.3) is 30.4 Å². The molecule has 1 amide bonds. The molecule has 5 heteroatoms. The summed E-state index contributed by atoms with van der Waals surface area (Å²) >= 11 is 0. The molecule has 32 heavy (non-hydrogen) atoms. The quantitative estimate of drug-likeness (QED) is 0.430. The first-order chi connectivity index (χ1) is 15.5. The van der Waals surface area contributed by atoms with Crippen molar-refractivity contribution in [3.63, 3.8) is 0 Å². The molecule has 3 aromatic rings. The molecule has 0 aliphatic heterocycles. The topological polar surface area (TPSA) is 78.0 Å². The van der Waals surface area contributed by atoms with Crippen molar-refractivity contribution in [2.24, 2.45) is 0 Å². The number of hydrogen-bond acceptors (Lipinski definition) is 3. The van der Waals surface area contributed by atoms with Gasteiger partial charge in [-0.3, -0.25) is 4.79 Å². The lowest BCUT2D eigenvalue weighted by atomic mass is 10.0. The number of carbonyl (C=O) groups excluding carboxylic acids is 1. The van der Waals surface area contributed by atoms with Crippen LogP contribution < -0.4 is 15.9 Å². The number of carbonyl (C=O) groups is 1. The number of benzene rings is 2. The maximum absolute atomic E-state index is 12.8. The first-order valence-corrected chi connectivity index (χ1v) is 10.5. The van der Waals surface area contributed by atoms with E-state index in [-0.39, 0.29) is 12.2 Å². The largest absolute Gasteiger partial charge is 0.396 e. The predicted octanol–water partition coefficient (Wildman–Crippen LogP) is 2.89. The van der Waals surface area contributed by atoms with Crippen LogP contribution in [0.5, 0.6) is 0 Å². The molecule has 0 bridgehead atoms. The molecule has 0 saturated carbocycles. The summed E-state index contributed by atoms with van der Waals surface area (Å²) in [6.07, 6.45) is 2.11. The summed E-state index contributed by atoms with van der Waals surface area (Å²) in [6.45, 7) is 11.2. The van der Waals surface area contributed by atoms with Crippen LogP contribution in [0.1, 0.15) is 23.2 Å². The van der Waals surface area contributed by atoms with Crippen molar-refractivity contribution in [3.8, 4) is 17.2 Å². The van der Waals surface area contributed by atoms with Crippen molar-refractivity contribution in [1.82, 2.24) is 9.88 Å². The first-order valence-electron chi connectivity index (χ1n) is 10.5. The van der Waals surface area contributed by atoms with E-state index in [1.165, 1.54) is 0 Å². The van der Waals surface area contributed by atoms with Gasteiger partial charge in [0.25, 0.3) is 5.91 Å². The molecule has 1 aromatic heterocycles. The molecule has 0 unspecified atom stereocenters. The van der Waals surface area contributed by atoms with Gasteiger partial charge in [-0.15, -0.1) is 0 Å². The lowest BCUT2D eigenvalue weighted by molar-refractivity contribution is -0.117. The summed E-state index contributed by atoms with van der Waals surface area (Å²) in [5.74, 6) is -0.447. The van der Waals surface area contributed by atoms with Gasteiger partial charge < -0.3 is 15.0 Å². The Balaban J connectivity index is 2.05. The number of aryl methyl sites for hydroxylation is 1. The summed E-state index contributed by atoms with van der Waals surface area (Å²) in [7, 11) is 0. The highest BCUT2D eigenvalue weighted by atomic mass is 16.3.